The van der Waals surface area contributed by atoms with Crippen LogP contribution in [-0.4, -0.2) is 40.6 Å². The third-order valence-corrected chi connectivity index (χ3v) is 6.18. The van der Waals surface area contributed by atoms with Crippen LogP contribution in [0.25, 0.3) is 16.6 Å². The smallest absolute Gasteiger partial charge is 0.265 e. The van der Waals surface area contributed by atoms with Crippen molar-refractivity contribution in [3.8, 4) is 11.4 Å². The zero-order chi connectivity index (χ0) is 25.2. The molecule has 8 heteroatoms. The van der Waals surface area contributed by atoms with Crippen LogP contribution in [0, 0.1) is 6.92 Å². The van der Waals surface area contributed by atoms with Crippen molar-refractivity contribution in [1.82, 2.24) is 14.9 Å². The summed E-state index contributed by atoms with van der Waals surface area (Å²) < 4.78 is 7.43. The fourth-order valence-corrected chi connectivity index (χ4v) is 4.38. The number of aryl methyl sites for hydroxylation is 1. The van der Waals surface area contributed by atoms with Crippen LogP contribution in [0.1, 0.15) is 29.5 Å². The van der Waals surface area contributed by atoms with Crippen molar-refractivity contribution in [2.75, 3.05) is 18.0 Å². The summed E-state index contributed by atoms with van der Waals surface area (Å²) in [5.74, 6) is 0.528. The summed E-state index contributed by atoms with van der Waals surface area (Å²) in [6.07, 6.45) is -0.00106. The lowest BCUT2D eigenvalue weighted by Crippen LogP contribution is -2.50. The van der Waals surface area contributed by atoms with Gasteiger partial charge in [0.05, 0.1) is 28.8 Å². The largest absolute Gasteiger partial charge is 0.477 e. The van der Waals surface area contributed by atoms with Gasteiger partial charge in [-0.2, -0.15) is 0 Å². The zero-order valence-electron chi connectivity index (χ0n) is 20.1. The van der Waals surface area contributed by atoms with E-state index in [9.17, 15) is 14.4 Å². The van der Waals surface area contributed by atoms with E-state index >= 15 is 0 Å². The van der Waals surface area contributed by atoms with Crippen LogP contribution in [0.2, 0.25) is 0 Å². The molecular formula is C28H26N4O4. The number of rotatable bonds is 5. The minimum Gasteiger partial charge on any atom is -0.477 e. The number of para-hydroxylation sites is 3. The quantitative estimate of drug-likeness (QED) is 0.469. The number of nitrogens with zero attached hydrogens (tertiary/aromatic N) is 3. The number of nitrogens with one attached hydrogen (secondary N) is 1. The van der Waals surface area contributed by atoms with Crippen LogP contribution in [0.15, 0.2) is 77.6 Å². The van der Waals surface area contributed by atoms with Crippen LogP contribution < -0.4 is 20.5 Å². The van der Waals surface area contributed by atoms with Gasteiger partial charge in [0, 0.05) is 12.1 Å². The molecule has 0 bridgehead atoms. The van der Waals surface area contributed by atoms with Gasteiger partial charge >= 0.3 is 0 Å². The highest BCUT2D eigenvalue weighted by atomic mass is 16.5. The molecule has 0 spiro atoms. The lowest BCUT2D eigenvalue weighted by atomic mass is 10.1. The van der Waals surface area contributed by atoms with Gasteiger partial charge in [-0.1, -0.05) is 31.2 Å². The average molecular weight is 483 g/mol. The van der Waals surface area contributed by atoms with Crippen molar-refractivity contribution in [3.63, 3.8) is 0 Å². The lowest BCUT2D eigenvalue weighted by Gasteiger charge is -2.34. The number of fused-ring (bicyclic) bond motifs is 2. The van der Waals surface area contributed by atoms with Crippen molar-refractivity contribution in [2.24, 2.45) is 0 Å². The molecule has 36 heavy (non-hydrogen) atoms. The maximum absolute atomic E-state index is 13.6. The van der Waals surface area contributed by atoms with E-state index in [-0.39, 0.29) is 23.9 Å². The van der Waals surface area contributed by atoms with Crippen LogP contribution in [0.4, 0.5) is 5.69 Å². The van der Waals surface area contributed by atoms with E-state index in [0.717, 1.165) is 6.42 Å². The SMILES string of the molecule is CCCNC(=O)C1CN(C(=O)c2ccc(-n3c(C)nc4ccccc4c3=O)cc2)c2ccccc2O1. The first-order valence-corrected chi connectivity index (χ1v) is 11.9. The topological polar surface area (TPSA) is 93.5 Å². The summed E-state index contributed by atoms with van der Waals surface area (Å²) in [4.78, 5) is 45.4. The molecule has 1 atom stereocenters. The molecule has 1 N–H and O–H groups in total. The second kappa shape index (κ2) is 9.65. The van der Waals surface area contributed by atoms with Crippen LogP contribution >= 0.6 is 0 Å². The average Bonchev–Trinajstić information content (AvgIpc) is 2.91. The van der Waals surface area contributed by atoms with Gasteiger partial charge in [0.1, 0.15) is 11.6 Å². The molecule has 0 aliphatic carbocycles. The molecule has 3 aromatic carbocycles. The summed E-state index contributed by atoms with van der Waals surface area (Å²) in [5, 5.41) is 3.37. The Morgan fingerprint density at radius 2 is 1.75 bits per heavy atom. The maximum Gasteiger partial charge on any atom is 0.265 e. The molecule has 2 heterocycles. The molecule has 1 aliphatic rings. The van der Waals surface area contributed by atoms with Crippen LogP contribution in [0.5, 0.6) is 5.75 Å². The first kappa shape index (κ1) is 23.3. The van der Waals surface area contributed by atoms with Crippen molar-refractivity contribution in [1.29, 1.82) is 0 Å². The van der Waals surface area contributed by atoms with Gasteiger partial charge in [0.25, 0.3) is 17.4 Å². The number of amides is 2. The molecule has 2 amide bonds. The van der Waals surface area contributed by atoms with Gasteiger partial charge in [-0.3, -0.25) is 19.0 Å². The molecular weight excluding hydrogens is 456 g/mol. The molecule has 0 saturated carbocycles. The minimum absolute atomic E-state index is 0.0975. The third kappa shape index (κ3) is 4.22. The Bertz CT molecular complexity index is 1510. The predicted molar refractivity (Wildman–Crippen MR) is 138 cm³/mol. The van der Waals surface area contributed by atoms with E-state index < -0.39 is 6.10 Å². The summed E-state index contributed by atoms with van der Waals surface area (Å²) >= 11 is 0. The molecule has 5 rings (SSSR count). The summed E-state index contributed by atoms with van der Waals surface area (Å²) in [6, 6.07) is 21.2. The Labute approximate surface area is 208 Å². The van der Waals surface area contributed by atoms with Crippen molar-refractivity contribution in [3.05, 3.63) is 94.5 Å². The highest BCUT2D eigenvalue weighted by Crippen LogP contribution is 2.34. The monoisotopic (exact) mass is 482 g/mol. The number of hydrogen-bond donors (Lipinski definition) is 1. The van der Waals surface area contributed by atoms with Crippen molar-refractivity contribution >= 4 is 28.4 Å². The molecule has 4 aromatic rings. The van der Waals surface area contributed by atoms with Gasteiger partial charge in [0.2, 0.25) is 0 Å². The summed E-state index contributed by atoms with van der Waals surface area (Å²) in [5.41, 5.74) is 2.14. The molecule has 0 saturated heterocycles. The first-order chi connectivity index (χ1) is 17.5. The molecule has 0 radical (unpaired) electrons. The molecule has 1 aliphatic heterocycles. The second-order valence-corrected chi connectivity index (χ2v) is 8.64. The Morgan fingerprint density at radius 3 is 2.53 bits per heavy atom. The highest BCUT2D eigenvalue weighted by Gasteiger charge is 2.34. The number of carbonyl (C=O) groups is 2. The van der Waals surface area contributed by atoms with Crippen LogP contribution in [0.3, 0.4) is 0 Å². The minimum atomic E-state index is -0.806. The standard InChI is InChI=1S/C28H26N4O4/c1-3-16-29-26(33)25-17-31(23-10-6-7-11-24(23)36-25)27(34)19-12-14-20(15-13-19)32-18(2)30-22-9-5-4-8-21(22)28(32)35/h4-15,25H,3,16-17H2,1-2H3,(H,29,33). The maximum atomic E-state index is 13.6. The van der Waals surface area contributed by atoms with Crippen molar-refractivity contribution in [2.45, 2.75) is 26.4 Å². The van der Waals surface area contributed by atoms with Gasteiger partial charge in [0.15, 0.2) is 6.10 Å². The van der Waals surface area contributed by atoms with E-state index in [4.69, 9.17) is 4.74 Å². The normalized spacial score (nSPS) is 14.7. The Balaban J connectivity index is 1.46. The fraction of sp³-hybridized carbons (Fsp3) is 0.214. The van der Waals surface area contributed by atoms with Gasteiger partial charge in [-0.05, 0) is 61.9 Å². The number of ether oxygens (including phenoxy) is 1. The number of anilines is 1. The Hall–Kier alpha value is -4.46. The zero-order valence-corrected chi connectivity index (χ0v) is 20.1. The van der Waals surface area contributed by atoms with E-state index in [1.54, 1.807) is 60.4 Å². The molecule has 1 unspecified atom stereocenters. The summed E-state index contributed by atoms with van der Waals surface area (Å²) in [6.45, 7) is 4.39. The number of carbonyl (C=O) groups excluding carboxylic acids is 2. The molecule has 8 nitrogen and oxygen atoms in total. The van der Waals surface area contributed by atoms with E-state index in [1.165, 1.54) is 4.57 Å². The van der Waals surface area contributed by atoms with Gasteiger partial charge < -0.3 is 15.0 Å². The second-order valence-electron chi connectivity index (χ2n) is 8.64. The lowest BCUT2D eigenvalue weighted by molar-refractivity contribution is -0.127. The molecule has 182 valence electrons. The number of aromatic nitrogens is 2. The fourth-order valence-electron chi connectivity index (χ4n) is 4.38. The van der Waals surface area contributed by atoms with Gasteiger partial charge in [-0.15, -0.1) is 0 Å². The predicted octanol–water partition coefficient (Wildman–Crippen LogP) is 3.63. The third-order valence-electron chi connectivity index (χ3n) is 6.18. The first-order valence-electron chi connectivity index (χ1n) is 11.9. The highest BCUT2D eigenvalue weighted by molar-refractivity contribution is 6.08. The van der Waals surface area contributed by atoms with E-state index in [2.05, 4.69) is 10.3 Å². The van der Waals surface area contributed by atoms with Gasteiger partial charge in [-0.25, -0.2) is 4.98 Å². The van der Waals surface area contributed by atoms with E-state index in [1.807, 2.05) is 31.2 Å². The summed E-state index contributed by atoms with van der Waals surface area (Å²) in [7, 11) is 0. The number of hydrogen-bond acceptors (Lipinski definition) is 5. The van der Waals surface area contributed by atoms with Crippen LogP contribution in [-0.2, 0) is 4.79 Å². The molecule has 0 fully saturated rings. The van der Waals surface area contributed by atoms with Crippen molar-refractivity contribution < 1.29 is 14.3 Å². The molecule has 1 aromatic heterocycles. The number of benzene rings is 3. The van der Waals surface area contributed by atoms with E-state index in [0.29, 0.717) is 46.0 Å². The Kier molecular flexibility index (Phi) is 6.25. The Morgan fingerprint density at radius 1 is 1.03 bits per heavy atom.